The van der Waals surface area contributed by atoms with Crippen LogP contribution in [-0.2, 0) is 6.54 Å². The number of rotatable bonds is 5. The zero-order valence-corrected chi connectivity index (χ0v) is 11.8. The first-order chi connectivity index (χ1) is 9.20. The van der Waals surface area contributed by atoms with Gasteiger partial charge in [-0.2, -0.15) is 0 Å². The summed E-state index contributed by atoms with van der Waals surface area (Å²) < 4.78 is 0. The molecule has 0 bridgehead atoms. The number of aromatic nitrogens is 2. The summed E-state index contributed by atoms with van der Waals surface area (Å²) in [5, 5.41) is 8.18. The van der Waals surface area contributed by atoms with Crippen molar-refractivity contribution < 1.29 is 0 Å². The maximum Gasteiger partial charge on any atom is 0.175 e. The van der Waals surface area contributed by atoms with Crippen LogP contribution in [0.2, 0.25) is 10.3 Å². The highest BCUT2D eigenvalue weighted by Crippen LogP contribution is 2.26. The molecule has 0 amide bonds. The van der Waals surface area contributed by atoms with Gasteiger partial charge < -0.3 is 10.6 Å². The van der Waals surface area contributed by atoms with E-state index in [2.05, 4.69) is 10.2 Å². The molecule has 1 aromatic heterocycles. The molecule has 2 rings (SSSR count). The Bertz CT molecular complexity index is 533. The molecule has 19 heavy (non-hydrogen) atoms. The quantitative estimate of drug-likeness (QED) is 0.922. The van der Waals surface area contributed by atoms with Crippen LogP contribution in [0.5, 0.6) is 0 Å². The Hall–Kier alpha value is -1.36. The Morgan fingerprint density at radius 1 is 1.11 bits per heavy atom. The molecule has 0 aliphatic rings. The van der Waals surface area contributed by atoms with E-state index in [1.54, 1.807) is 6.07 Å². The number of benzene rings is 1. The lowest BCUT2D eigenvalue weighted by Gasteiger charge is -2.24. The van der Waals surface area contributed by atoms with Gasteiger partial charge in [0.15, 0.2) is 10.3 Å². The summed E-state index contributed by atoms with van der Waals surface area (Å²) in [6, 6.07) is 11.8. The molecule has 1 heterocycles. The van der Waals surface area contributed by atoms with Crippen molar-refractivity contribution in [3.63, 3.8) is 0 Å². The van der Waals surface area contributed by atoms with Crippen LogP contribution in [0.3, 0.4) is 0 Å². The van der Waals surface area contributed by atoms with Gasteiger partial charge in [-0.25, -0.2) is 0 Å². The Labute approximate surface area is 122 Å². The molecule has 0 aliphatic heterocycles. The highest BCUT2D eigenvalue weighted by molar-refractivity contribution is 6.33. The lowest BCUT2D eigenvalue weighted by Crippen LogP contribution is -2.29. The van der Waals surface area contributed by atoms with Gasteiger partial charge in [0.2, 0.25) is 0 Å². The second kappa shape index (κ2) is 6.70. The first kappa shape index (κ1) is 14.1. The van der Waals surface area contributed by atoms with Gasteiger partial charge in [-0.05, 0) is 5.56 Å². The maximum atomic E-state index is 6.08. The van der Waals surface area contributed by atoms with E-state index in [0.29, 0.717) is 29.9 Å². The molecular formula is C13H14Cl2N4. The van der Waals surface area contributed by atoms with Gasteiger partial charge in [0, 0.05) is 25.7 Å². The molecule has 1 aromatic carbocycles. The molecule has 2 N–H and O–H groups in total. The summed E-state index contributed by atoms with van der Waals surface area (Å²) in [5.41, 5.74) is 7.57. The molecule has 0 radical (unpaired) electrons. The van der Waals surface area contributed by atoms with Crippen molar-refractivity contribution in [3.05, 3.63) is 52.3 Å². The van der Waals surface area contributed by atoms with Gasteiger partial charge >= 0.3 is 0 Å². The molecule has 0 saturated carbocycles. The van der Waals surface area contributed by atoms with Crippen molar-refractivity contribution in [3.8, 4) is 0 Å². The van der Waals surface area contributed by atoms with E-state index in [-0.39, 0.29) is 0 Å². The SMILES string of the molecule is NCCN(Cc1ccccc1)c1cc(Cl)nnc1Cl. The molecule has 6 heteroatoms. The number of hydrogen-bond acceptors (Lipinski definition) is 4. The van der Waals surface area contributed by atoms with Crippen molar-refractivity contribution >= 4 is 28.9 Å². The predicted molar refractivity (Wildman–Crippen MR) is 78.6 cm³/mol. The van der Waals surface area contributed by atoms with Crippen LogP contribution in [0.1, 0.15) is 5.56 Å². The molecule has 0 unspecified atom stereocenters. The number of halogens is 2. The number of nitrogens with zero attached hydrogens (tertiary/aromatic N) is 3. The molecule has 0 spiro atoms. The highest BCUT2D eigenvalue weighted by atomic mass is 35.5. The van der Waals surface area contributed by atoms with E-state index in [1.165, 1.54) is 5.56 Å². The van der Waals surface area contributed by atoms with Crippen molar-refractivity contribution in [1.82, 2.24) is 10.2 Å². The summed E-state index contributed by atoms with van der Waals surface area (Å²) in [6.07, 6.45) is 0. The normalized spacial score (nSPS) is 10.5. The number of nitrogens with two attached hydrogens (primary N) is 1. The summed E-state index contributed by atoms with van der Waals surface area (Å²) in [4.78, 5) is 2.04. The third kappa shape index (κ3) is 3.80. The van der Waals surface area contributed by atoms with E-state index in [9.17, 15) is 0 Å². The van der Waals surface area contributed by atoms with E-state index in [4.69, 9.17) is 28.9 Å². The fourth-order valence-corrected chi connectivity index (χ4v) is 2.16. The minimum absolute atomic E-state index is 0.314. The topological polar surface area (TPSA) is 55.0 Å². The second-order valence-corrected chi connectivity index (χ2v) is 4.78. The standard InChI is InChI=1S/C13H14Cl2N4/c14-12-8-11(13(15)18-17-12)19(7-6-16)9-10-4-2-1-3-5-10/h1-5,8H,6-7,9,16H2. The Kier molecular flexibility index (Phi) is 4.96. The third-order valence-electron chi connectivity index (χ3n) is 2.66. The highest BCUT2D eigenvalue weighted by Gasteiger charge is 2.13. The average molecular weight is 297 g/mol. The van der Waals surface area contributed by atoms with Crippen LogP contribution in [0.15, 0.2) is 36.4 Å². The first-order valence-corrected chi connectivity index (χ1v) is 6.64. The zero-order valence-electron chi connectivity index (χ0n) is 10.3. The summed E-state index contributed by atoms with van der Waals surface area (Å²) in [6.45, 7) is 1.87. The van der Waals surface area contributed by atoms with Crippen LogP contribution >= 0.6 is 23.2 Å². The zero-order chi connectivity index (χ0) is 13.7. The van der Waals surface area contributed by atoms with Crippen molar-refractivity contribution in [2.24, 2.45) is 5.73 Å². The monoisotopic (exact) mass is 296 g/mol. The Balaban J connectivity index is 2.27. The van der Waals surface area contributed by atoms with Crippen LogP contribution in [-0.4, -0.2) is 23.3 Å². The minimum Gasteiger partial charge on any atom is -0.363 e. The predicted octanol–water partition coefficient (Wildman–Crippen LogP) is 2.75. The number of anilines is 1. The smallest absolute Gasteiger partial charge is 0.175 e. The summed E-state index contributed by atoms with van der Waals surface area (Å²) in [5.74, 6) is 0. The maximum absolute atomic E-state index is 6.08. The van der Waals surface area contributed by atoms with Gasteiger partial charge in [-0.1, -0.05) is 53.5 Å². The number of hydrogen-bond donors (Lipinski definition) is 1. The fourth-order valence-electron chi connectivity index (χ4n) is 1.81. The van der Waals surface area contributed by atoms with Gasteiger partial charge in [-0.3, -0.25) is 0 Å². The molecule has 0 aliphatic carbocycles. The molecule has 0 fully saturated rings. The van der Waals surface area contributed by atoms with Crippen molar-refractivity contribution in [1.29, 1.82) is 0 Å². The molecular weight excluding hydrogens is 283 g/mol. The van der Waals surface area contributed by atoms with Crippen LogP contribution < -0.4 is 10.6 Å². The molecule has 0 atom stereocenters. The molecule has 100 valence electrons. The Morgan fingerprint density at radius 3 is 2.53 bits per heavy atom. The van der Waals surface area contributed by atoms with Gasteiger partial charge in [0.25, 0.3) is 0 Å². The minimum atomic E-state index is 0.314. The van der Waals surface area contributed by atoms with E-state index in [0.717, 1.165) is 5.69 Å². The largest absolute Gasteiger partial charge is 0.363 e. The Morgan fingerprint density at radius 2 is 1.84 bits per heavy atom. The van der Waals surface area contributed by atoms with E-state index in [1.807, 2.05) is 35.2 Å². The average Bonchev–Trinajstić information content (AvgIpc) is 2.42. The first-order valence-electron chi connectivity index (χ1n) is 5.88. The molecule has 4 nitrogen and oxygen atoms in total. The third-order valence-corrected chi connectivity index (χ3v) is 3.11. The van der Waals surface area contributed by atoms with Gasteiger partial charge in [0.05, 0.1) is 5.69 Å². The fraction of sp³-hybridized carbons (Fsp3) is 0.231. The van der Waals surface area contributed by atoms with E-state index < -0.39 is 0 Å². The summed E-state index contributed by atoms with van der Waals surface area (Å²) in [7, 11) is 0. The summed E-state index contributed by atoms with van der Waals surface area (Å²) >= 11 is 12.0. The van der Waals surface area contributed by atoms with Crippen LogP contribution in [0.4, 0.5) is 5.69 Å². The van der Waals surface area contributed by atoms with Gasteiger partial charge in [-0.15, -0.1) is 10.2 Å². The second-order valence-electron chi connectivity index (χ2n) is 4.04. The van der Waals surface area contributed by atoms with Crippen LogP contribution in [0, 0.1) is 0 Å². The lowest BCUT2D eigenvalue weighted by atomic mass is 10.2. The molecule has 0 saturated heterocycles. The van der Waals surface area contributed by atoms with Crippen molar-refractivity contribution in [2.75, 3.05) is 18.0 Å². The molecule has 2 aromatic rings. The van der Waals surface area contributed by atoms with Crippen LogP contribution in [0.25, 0.3) is 0 Å². The van der Waals surface area contributed by atoms with Gasteiger partial charge in [0.1, 0.15) is 0 Å². The lowest BCUT2D eigenvalue weighted by molar-refractivity contribution is 0.784. The van der Waals surface area contributed by atoms with Crippen molar-refractivity contribution in [2.45, 2.75) is 6.54 Å². The van der Waals surface area contributed by atoms with E-state index >= 15 is 0 Å².